The summed E-state index contributed by atoms with van der Waals surface area (Å²) in [7, 11) is -3.40. The molecule has 2 saturated heterocycles. The van der Waals surface area contributed by atoms with Crippen LogP contribution in [0.15, 0.2) is 54.6 Å². The second-order valence-electron chi connectivity index (χ2n) is 7.90. The van der Waals surface area contributed by atoms with Crippen molar-refractivity contribution in [2.75, 3.05) is 39.4 Å². The molecule has 8 heteroatoms. The minimum atomic E-state index is -3.40. The molecular weight excluding hydrogens is 416 g/mol. The van der Waals surface area contributed by atoms with Gasteiger partial charge >= 0.3 is 0 Å². The lowest BCUT2D eigenvalue weighted by molar-refractivity contribution is 0.0676. The van der Waals surface area contributed by atoms with Crippen molar-refractivity contribution in [1.82, 2.24) is 9.21 Å². The zero-order valence-corrected chi connectivity index (χ0v) is 18.3. The average Bonchev–Trinajstić information content (AvgIpc) is 3.32. The first kappa shape index (κ1) is 21.8. The van der Waals surface area contributed by atoms with E-state index in [1.807, 2.05) is 30.3 Å². The minimum absolute atomic E-state index is 0.0187. The molecule has 1 atom stereocenters. The third kappa shape index (κ3) is 5.64. The Morgan fingerprint density at radius 2 is 1.71 bits per heavy atom. The number of hydrogen-bond donors (Lipinski definition) is 0. The first-order chi connectivity index (χ1) is 15.0. The summed E-state index contributed by atoms with van der Waals surface area (Å²) in [5, 5.41) is 0. The van der Waals surface area contributed by atoms with Crippen molar-refractivity contribution in [1.29, 1.82) is 0 Å². The molecule has 2 heterocycles. The van der Waals surface area contributed by atoms with Crippen LogP contribution in [-0.2, 0) is 20.5 Å². The van der Waals surface area contributed by atoms with E-state index in [4.69, 9.17) is 9.47 Å². The molecule has 166 valence electrons. The molecule has 0 spiro atoms. The third-order valence-corrected chi connectivity index (χ3v) is 7.52. The lowest BCUT2D eigenvalue weighted by Crippen LogP contribution is -2.50. The van der Waals surface area contributed by atoms with Crippen LogP contribution < -0.4 is 4.74 Å². The van der Waals surface area contributed by atoms with Crippen molar-refractivity contribution < 1.29 is 22.7 Å². The summed E-state index contributed by atoms with van der Waals surface area (Å²) in [6, 6.07) is 16.3. The summed E-state index contributed by atoms with van der Waals surface area (Å²) in [5.41, 5.74) is 1.34. The Kier molecular flexibility index (Phi) is 6.89. The number of carbonyl (C=O) groups excluding carboxylic acids is 1. The van der Waals surface area contributed by atoms with E-state index in [-0.39, 0.29) is 17.8 Å². The molecule has 4 rings (SSSR count). The first-order valence-corrected chi connectivity index (χ1v) is 12.3. The van der Waals surface area contributed by atoms with Crippen LogP contribution in [0.5, 0.6) is 5.75 Å². The summed E-state index contributed by atoms with van der Waals surface area (Å²) in [6.07, 6.45) is 2.24. The summed E-state index contributed by atoms with van der Waals surface area (Å²) in [6.45, 7) is 2.69. The van der Waals surface area contributed by atoms with Crippen molar-refractivity contribution in [3.05, 3.63) is 65.7 Å². The summed E-state index contributed by atoms with van der Waals surface area (Å²) >= 11 is 0. The van der Waals surface area contributed by atoms with Gasteiger partial charge in [-0.1, -0.05) is 30.3 Å². The van der Waals surface area contributed by atoms with E-state index < -0.39 is 10.0 Å². The lowest BCUT2D eigenvalue weighted by Gasteiger charge is -2.34. The predicted octanol–water partition coefficient (Wildman–Crippen LogP) is 2.53. The number of carbonyl (C=O) groups is 1. The average molecular weight is 445 g/mol. The van der Waals surface area contributed by atoms with Gasteiger partial charge in [0, 0.05) is 38.3 Å². The van der Waals surface area contributed by atoms with Crippen molar-refractivity contribution in [2.45, 2.75) is 24.7 Å². The summed E-state index contributed by atoms with van der Waals surface area (Å²) < 4.78 is 38.2. The van der Waals surface area contributed by atoms with Gasteiger partial charge in [0.15, 0.2) is 0 Å². The third-order valence-electron chi connectivity index (χ3n) is 5.67. The molecule has 0 bridgehead atoms. The molecule has 2 fully saturated rings. The first-order valence-electron chi connectivity index (χ1n) is 10.7. The fraction of sp³-hybridized carbons (Fsp3) is 0.435. The Bertz CT molecular complexity index is 965. The normalized spacial score (nSPS) is 20.0. The zero-order valence-electron chi connectivity index (χ0n) is 17.5. The quantitative estimate of drug-likeness (QED) is 0.656. The van der Waals surface area contributed by atoms with E-state index in [9.17, 15) is 13.2 Å². The zero-order chi connectivity index (χ0) is 21.7. The van der Waals surface area contributed by atoms with Crippen LogP contribution in [0.1, 0.15) is 28.8 Å². The van der Waals surface area contributed by atoms with Gasteiger partial charge in [0.25, 0.3) is 5.91 Å². The van der Waals surface area contributed by atoms with Crippen LogP contribution in [0.25, 0.3) is 0 Å². The number of ether oxygens (including phenoxy) is 2. The van der Waals surface area contributed by atoms with Gasteiger partial charge in [-0.25, -0.2) is 8.42 Å². The highest BCUT2D eigenvalue weighted by Gasteiger charge is 2.29. The molecule has 2 aliphatic heterocycles. The van der Waals surface area contributed by atoms with Gasteiger partial charge in [0.2, 0.25) is 10.0 Å². The molecule has 7 nitrogen and oxygen atoms in total. The monoisotopic (exact) mass is 444 g/mol. The molecule has 2 aliphatic rings. The number of nitrogens with zero attached hydrogens (tertiary/aromatic N) is 2. The summed E-state index contributed by atoms with van der Waals surface area (Å²) in [5.74, 6) is 0.601. The van der Waals surface area contributed by atoms with Crippen LogP contribution in [0.4, 0.5) is 0 Å². The number of amides is 1. The largest absolute Gasteiger partial charge is 0.491 e. The SMILES string of the molecule is O=C(c1ccc(OC[C@@H]2CCCO2)cc1)N1CCN(S(=O)(=O)Cc2ccccc2)CC1. The van der Waals surface area contributed by atoms with Crippen LogP contribution >= 0.6 is 0 Å². The Labute approximate surface area is 183 Å². The molecule has 0 aliphatic carbocycles. The van der Waals surface area contributed by atoms with Crippen molar-refractivity contribution in [2.24, 2.45) is 0 Å². The Morgan fingerprint density at radius 3 is 2.35 bits per heavy atom. The van der Waals surface area contributed by atoms with Gasteiger partial charge in [-0.05, 0) is 42.7 Å². The van der Waals surface area contributed by atoms with E-state index >= 15 is 0 Å². The van der Waals surface area contributed by atoms with E-state index in [0.29, 0.717) is 44.1 Å². The van der Waals surface area contributed by atoms with Crippen LogP contribution in [0.3, 0.4) is 0 Å². The van der Waals surface area contributed by atoms with Gasteiger partial charge in [-0.15, -0.1) is 0 Å². The molecule has 0 unspecified atom stereocenters. The molecule has 0 N–H and O–H groups in total. The smallest absolute Gasteiger partial charge is 0.253 e. The lowest BCUT2D eigenvalue weighted by atomic mass is 10.2. The van der Waals surface area contributed by atoms with E-state index in [1.54, 1.807) is 29.2 Å². The number of sulfonamides is 1. The highest BCUT2D eigenvalue weighted by atomic mass is 32.2. The number of piperazine rings is 1. The highest BCUT2D eigenvalue weighted by Crippen LogP contribution is 2.19. The molecule has 31 heavy (non-hydrogen) atoms. The minimum Gasteiger partial charge on any atom is -0.491 e. The Balaban J connectivity index is 1.28. The van der Waals surface area contributed by atoms with Gasteiger partial charge in [-0.3, -0.25) is 4.79 Å². The second-order valence-corrected chi connectivity index (χ2v) is 9.87. The van der Waals surface area contributed by atoms with Crippen molar-refractivity contribution in [3.63, 3.8) is 0 Å². The van der Waals surface area contributed by atoms with E-state index in [0.717, 1.165) is 25.0 Å². The maximum atomic E-state index is 12.8. The molecule has 2 aromatic carbocycles. The van der Waals surface area contributed by atoms with Crippen LogP contribution in [0, 0.1) is 0 Å². The number of rotatable bonds is 7. The van der Waals surface area contributed by atoms with E-state index in [1.165, 1.54) is 4.31 Å². The maximum absolute atomic E-state index is 12.8. The highest BCUT2D eigenvalue weighted by molar-refractivity contribution is 7.88. The summed E-state index contributed by atoms with van der Waals surface area (Å²) in [4.78, 5) is 14.5. The maximum Gasteiger partial charge on any atom is 0.253 e. The standard InChI is InChI=1S/C23H28N2O5S/c26-23(20-8-10-21(11-9-20)30-17-22-7-4-16-29-22)24-12-14-25(15-13-24)31(27,28)18-19-5-2-1-3-6-19/h1-3,5-6,8-11,22H,4,7,12-18H2/t22-/m0/s1. The molecule has 0 saturated carbocycles. The van der Waals surface area contributed by atoms with E-state index in [2.05, 4.69) is 0 Å². The molecule has 2 aromatic rings. The van der Waals surface area contributed by atoms with Crippen LogP contribution in [-0.4, -0.2) is 69.0 Å². The fourth-order valence-corrected chi connectivity index (χ4v) is 5.40. The van der Waals surface area contributed by atoms with Gasteiger partial charge < -0.3 is 14.4 Å². The van der Waals surface area contributed by atoms with Crippen LogP contribution in [0.2, 0.25) is 0 Å². The molecule has 0 aromatic heterocycles. The van der Waals surface area contributed by atoms with Crippen molar-refractivity contribution >= 4 is 15.9 Å². The molecular formula is C23H28N2O5S. The number of hydrogen-bond acceptors (Lipinski definition) is 5. The van der Waals surface area contributed by atoms with Crippen molar-refractivity contribution in [3.8, 4) is 5.75 Å². The number of benzene rings is 2. The van der Waals surface area contributed by atoms with Gasteiger partial charge in [0.1, 0.15) is 12.4 Å². The van der Waals surface area contributed by atoms with Gasteiger partial charge in [-0.2, -0.15) is 4.31 Å². The second kappa shape index (κ2) is 9.80. The molecule has 0 radical (unpaired) electrons. The molecule has 1 amide bonds. The van der Waals surface area contributed by atoms with Gasteiger partial charge in [0.05, 0.1) is 11.9 Å². The topological polar surface area (TPSA) is 76.2 Å². The Morgan fingerprint density at radius 1 is 1.00 bits per heavy atom. The Hall–Kier alpha value is -2.42. The fourth-order valence-electron chi connectivity index (χ4n) is 3.89. The predicted molar refractivity (Wildman–Crippen MR) is 117 cm³/mol.